The first-order chi connectivity index (χ1) is 10.1. The fourth-order valence-corrected chi connectivity index (χ4v) is 2.78. The van der Waals surface area contributed by atoms with E-state index in [2.05, 4.69) is 9.88 Å². The van der Waals surface area contributed by atoms with Gasteiger partial charge in [-0.05, 0) is 6.07 Å². The third kappa shape index (κ3) is 2.66. The number of pyridine rings is 1. The third-order valence-corrected chi connectivity index (χ3v) is 3.99. The number of carbonyl (C=O) groups is 1. The van der Waals surface area contributed by atoms with Crippen LogP contribution in [0.15, 0.2) is 12.3 Å². The van der Waals surface area contributed by atoms with E-state index in [0.29, 0.717) is 24.5 Å². The van der Waals surface area contributed by atoms with Crippen molar-refractivity contribution < 1.29 is 19.0 Å². The Labute approximate surface area is 123 Å². The molecule has 0 atom stereocenters. The number of ether oxygens (including phenoxy) is 3. The van der Waals surface area contributed by atoms with Crippen LogP contribution in [0.5, 0.6) is 0 Å². The molecule has 114 valence electrons. The Morgan fingerprint density at radius 1 is 1.38 bits per heavy atom. The van der Waals surface area contributed by atoms with Crippen LogP contribution >= 0.6 is 0 Å². The number of hydrogen-bond acceptors (Lipinski definition) is 7. The van der Waals surface area contributed by atoms with Gasteiger partial charge in [0.15, 0.2) is 5.79 Å². The number of piperidine rings is 1. The van der Waals surface area contributed by atoms with Gasteiger partial charge in [-0.15, -0.1) is 0 Å². The third-order valence-electron chi connectivity index (χ3n) is 3.99. The Kier molecular flexibility index (Phi) is 3.69. The summed E-state index contributed by atoms with van der Waals surface area (Å²) in [6.07, 6.45) is 3.06. The molecular formula is C14H19N3O4. The molecule has 0 amide bonds. The Bertz CT molecular complexity index is 533. The SMILES string of the molecule is COC(=O)c1cc(N2CCC3(CC2)OCCO3)ncc1N. The molecule has 3 rings (SSSR count). The van der Waals surface area contributed by atoms with E-state index < -0.39 is 11.8 Å². The maximum Gasteiger partial charge on any atom is 0.340 e. The highest BCUT2D eigenvalue weighted by Gasteiger charge is 2.40. The summed E-state index contributed by atoms with van der Waals surface area (Å²) in [5.74, 6) is -0.153. The minimum Gasteiger partial charge on any atom is -0.465 e. The van der Waals surface area contributed by atoms with Crippen LogP contribution in [0.1, 0.15) is 23.2 Å². The van der Waals surface area contributed by atoms with E-state index in [1.165, 1.54) is 13.3 Å². The molecule has 2 fully saturated rings. The normalized spacial score (nSPS) is 20.7. The number of esters is 1. The van der Waals surface area contributed by atoms with Crippen LogP contribution in [0.25, 0.3) is 0 Å². The van der Waals surface area contributed by atoms with E-state index in [1.54, 1.807) is 6.07 Å². The molecule has 0 aromatic carbocycles. The van der Waals surface area contributed by atoms with Gasteiger partial charge in [0.2, 0.25) is 0 Å². The number of rotatable bonds is 2. The second kappa shape index (κ2) is 5.50. The minimum atomic E-state index is -0.452. The molecule has 1 spiro atoms. The van der Waals surface area contributed by atoms with Crippen molar-refractivity contribution in [3.63, 3.8) is 0 Å². The van der Waals surface area contributed by atoms with Crippen LogP contribution in [-0.4, -0.2) is 50.2 Å². The largest absolute Gasteiger partial charge is 0.465 e. The van der Waals surface area contributed by atoms with Crippen molar-refractivity contribution in [1.29, 1.82) is 0 Å². The number of nitrogens with two attached hydrogens (primary N) is 1. The zero-order valence-electron chi connectivity index (χ0n) is 12.0. The number of aromatic nitrogens is 1. The van der Waals surface area contributed by atoms with Crippen LogP contribution in [0.2, 0.25) is 0 Å². The highest BCUT2D eigenvalue weighted by molar-refractivity contribution is 5.95. The standard InChI is InChI=1S/C14H19N3O4/c1-19-13(18)10-8-12(16-9-11(10)15)17-4-2-14(3-5-17)20-6-7-21-14/h8-9H,2-7,15H2,1H3. The average molecular weight is 293 g/mol. The molecule has 3 heterocycles. The smallest absolute Gasteiger partial charge is 0.340 e. The van der Waals surface area contributed by atoms with E-state index in [-0.39, 0.29) is 0 Å². The number of anilines is 2. The van der Waals surface area contributed by atoms with E-state index >= 15 is 0 Å². The average Bonchev–Trinajstić information content (AvgIpc) is 2.96. The summed E-state index contributed by atoms with van der Waals surface area (Å²) in [5.41, 5.74) is 6.43. The van der Waals surface area contributed by atoms with E-state index in [1.807, 2.05) is 0 Å². The second-order valence-electron chi connectivity index (χ2n) is 5.22. The van der Waals surface area contributed by atoms with Crippen molar-refractivity contribution in [3.8, 4) is 0 Å². The van der Waals surface area contributed by atoms with Crippen molar-refractivity contribution in [2.75, 3.05) is 44.0 Å². The summed E-state index contributed by atoms with van der Waals surface area (Å²) in [6, 6.07) is 1.68. The molecule has 0 bridgehead atoms. The molecule has 1 aromatic heterocycles. The second-order valence-corrected chi connectivity index (χ2v) is 5.22. The van der Waals surface area contributed by atoms with Gasteiger partial charge in [-0.1, -0.05) is 0 Å². The monoisotopic (exact) mass is 293 g/mol. The van der Waals surface area contributed by atoms with Gasteiger partial charge in [-0.25, -0.2) is 9.78 Å². The molecule has 0 aliphatic carbocycles. The maximum atomic E-state index is 11.7. The first kappa shape index (κ1) is 14.1. The quantitative estimate of drug-likeness (QED) is 0.807. The molecule has 0 saturated carbocycles. The fourth-order valence-electron chi connectivity index (χ4n) is 2.78. The minimum absolute atomic E-state index is 0.321. The van der Waals surface area contributed by atoms with Crippen LogP contribution in [0, 0.1) is 0 Å². The Hall–Kier alpha value is -1.86. The predicted octanol–water partition coefficient (Wildman–Crippen LogP) is 0.794. The van der Waals surface area contributed by atoms with Gasteiger partial charge < -0.3 is 24.8 Å². The summed E-state index contributed by atoms with van der Waals surface area (Å²) in [5, 5.41) is 0. The van der Waals surface area contributed by atoms with Crippen LogP contribution in [0.3, 0.4) is 0 Å². The van der Waals surface area contributed by atoms with Gasteiger partial charge in [0, 0.05) is 25.9 Å². The lowest BCUT2D eigenvalue weighted by atomic mass is 10.0. The van der Waals surface area contributed by atoms with Gasteiger partial charge in [-0.2, -0.15) is 0 Å². The molecule has 7 heteroatoms. The number of nitrogens with zero attached hydrogens (tertiary/aromatic N) is 2. The topological polar surface area (TPSA) is 86.9 Å². The molecule has 1 aromatic rings. The summed E-state index contributed by atoms with van der Waals surface area (Å²) in [7, 11) is 1.33. The highest BCUT2D eigenvalue weighted by Crippen LogP contribution is 2.33. The van der Waals surface area contributed by atoms with Crippen LogP contribution in [0.4, 0.5) is 11.5 Å². The van der Waals surface area contributed by atoms with Gasteiger partial charge >= 0.3 is 5.97 Å². The summed E-state index contributed by atoms with van der Waals surface area (Å²) in [6.45, 7) is 2.84. The summed E-state index contributed by atoms with van der Waals surface area (Å²) in [4.78, 5) is 18.1. The zero-order chi connectivity index (χ0) is 14.9. The predicted molar refractivity (Wildman–Crippen MR) is 76.1 cm³/mol. The van der Waals surface area contributed by atoms with E-state index in [0.717, 1.165) is 31.7 Å². The molecule has 0 unspecified atom stereocenters. The lowest BCUT2D eigenvalue weighted by molar-refractivity contribution is -0.169. The highest BCUT2D eigenvalue weighted by atomic mass is 16.7. The number of methoxy groups -OCH3 is 1. The lowest BCUT2D eigenvalue weighted by Gasteiger charge is -2.38. The molecule has 2 saturated heterocycles. The molecule has 21 heavy (non-hydrogen) atoms. The molecule has 0 radical (unpaired) electrons. The van der Waals surface area contributed by atoms with E-state index in [9.17, 15) is 4.79 Å². The first-order valence-corrected chi connectivity index (χ1v) is 7.00. The molecule has 2 aliphatic heterocycles. The maximum absolute atomic E-state index is 11.7. The van der Waals surface area contributed by atoms with Gasteiger partial charge in [0.1, 0.15) is 5.82 Å². The molecule has 2 aliphatic rings. The van der Waals surface area contributed by atoms with Crippen LogP contribution < -0.4 is 10.6 Å². The van der Waals surface area contributed by atoms with Crippen LogP contribution in [-0.2, 0) is 14.2 Å². The van der Waals surface area contributed by atoms with Crippen molar-refractivity contribution in [2.45, 2.75) is 18.6 Å². The van der Waals surface area contributed by atoms with E-state index in [4.69, 9.17) is 19.9 Å². The van der Waals surface area contributed by atoms with Gasteiger partial charge in [0.05, 0.1) is 37.8 Å². The summed E-state index contributed by atoms with van der Waals surface area (Å²) < 4.78 is 16.1. The number of nitrogen functional groups attached to an aromatic ring is 1. The van der Waals surface area contributed by atoms with Crippen molar-refractivity contribution in [3.05, 3.63) is 17.8 Å². The first-order valence-electron chi connectivity index (χ1n) is 7.00. The van der Waals surface area contributed by atoms with Crippen molar-refractivity contribution >= 4 is 17.5 Å². The van der Waals surface area contributed by atoms with Gasteiger partial charge in [-0.3, -0.25) is 0 Å². The number of carbonyl (C=O) groups excluding carboxylic acids is 1. The zero-order valence-corrected chi connectivity index (χ0v) is 12.0. The molecule has 7 nitrogen and oxygen atoms in total. The van der Waals surface area contributed by atoms with Crippen molar-refractivity contribution in [2.24, 2.45) is 0 Å². The summed E-state index contributed by atoms with van der Waals surface area (Å²) >= 11 is 0. The number of hydrogen-bond donors (Lipinski definition) is 1. The Morgan fingerprint density at radius 2 is 2.05 bits per heavy atom. The Balaban J connectivity index is 1.74. The lowest BCUT2D eigenvalue weighted by Crippen LogP contribution is -2.45. The van der Waals surface area contributed by atoms with Crippen molar-refractivity contribution in [1.82, 2.24) is 4.98 Å². The molecule has 2 N–H and O–H groups in total. The fraction of sp³-hybridized carbons (Fsp3) is 0.571. The Morgan fingerprint density at radius 3 is 2.67 bits per heavy atom. The van der Waals surface area contributed by atoms with Gasteiger partial charge in [0.25, 0.3) is 0 Å². The molecular weight excluding hydrogens is 274 g/mol.